The number of piperazine rings is 1. The fourth-order valence-electron chi connectivity index (χ4n) is 2.27. The second-order valence-corrected chi connectivity index (χ2v) is 4.81. The fraction of sp³-hybridized carbons (Fsp3) is 0.500. The van der Waals surface area contributed by atoms with Gasteiger partial charge in [-0.25, -0.2) is 0 Å². The second-order valence-electron chi connectivity index (χ2n) is 4.81. The summed E-state index contributed by atoms with van der Waals surface area (Å²) in [5.74, 6) is 0.168. The van der Waals surface area contributed by atoms with Gasteiger partial charge in [-0.3, -0.25) is 4.79 Å². The minimum atomic E-state index is 0.0379. The highest BCUT2D eigenvalue weighted by Gasteiger charge is 2.23. The molecule has 4 heteroatoms. The predicted octanol–water partition coefficient (Wildman–Crippen LogP) is 1.37. The molecule has 1 saturated heterocycles. The molecule has 2 N–H and O–H groups in total. The standard InChI is InChI=1S/C14H21N3O/c1-3-12(15)11-6-4-5-7-13(11)17-9-8-16(2)14(18)10-17/h4-7,12H,3,8-10,15H2,1-2H3. The molecule has 0 saturated carbocycles. The van der Waals surface area contributed by atoms with E-state index in [2.05, 4.69) is 24.0 Å². The number of carbonyl (C=O) groups excluding carboxylic acids is 1. The Kier molecular flexibility index (Phi) is 3.87. The number of nitrogens with zero attached hydrogens (tertiary/aromatic N) is 2. The number of carbonyl (C=O) groups is 1. The largest absolute Gasteiger partial charge is 0.360 e. The normalized spacial score (nSPS) is 18.1. The number of likely N-dealkylation sites (N-methyl/N-ethyl adjacent to an activating group) is 1. The van der Waals surface area contributed by atoms with E-state index in [-0.39, 0.29) is 11.9 Å². The van der Waals surface area contributed by atoms with E-state index < -0.39 is 0 Å². The average Bonchev–Trinajstić information content (AvgIpc) is 2.41. The molecule has 1 aromatic rings. The maximum Gasteiger partial charge on any atom is 0.241 e. The summed E-state index contributed by atoms with van der Waals surface area (Å²) in [7, 11) is 1.85. The van der Waals surface area contributed by atoms with Crippen LogP contribution in [0.1, 0.15) is 24.9 Å². The molecule has 0 radical (unpaired) electrons. The number of hydrogen-bond acceptors (Lipinski definition) is 3. The molecule has 1 fully saturated rings. The summed E-state index contributed by atoms with van der Waals surface area (Å²) >= 11 is 0. The van der Waals surface area contributed by atoms with Crippen LogP contribution in [0.4, 0.5) is 5.69 Å². The fourth-order valence-corrected chi connectivity index (χ4v) is 2.27. The van der Waals surface area contributed by atoms with Gasteiger partial charge >= 0.3 is 0 Å². The Hall–Kier alpha value is -1.55. The van der Waals surface area contributed by atoms with Crippen molar-refractivity contribution in [1.29, 1.82) is 0 Å². The highest BCUT2D eigenvalue weighted by atomic mass is 16.2. The lowest BCUT2D eigenvalue weighted by Gasteiger charge is -2.35. The molecule has 1 aliphatic heterocycles. The smallest absolute Gasteiger partial charge is 0.241 e. The number of rotatable bonds is 3. The third-order valence-electron chi connectivity index (χ3n) is 3.57. The average molecular weight is 247 g/mol. The van der Waals surface area contributed by atoms with Gasteiger partial charge in [0.2, 0.25) is 5.91 Å². The number of hydrogen-bond donors (Lipinski definition) is 1. The van der Waals surface area contributed by atoms with E-state index in [1.807, 2.05) is 19.2 Å². The molecule has 1 atom stereocenters. The number of benzene rings is 1. The van der Waals surface area contributed by atoms with Crippen molar-refractivity contribution in [3.63, 3.8) is 0 Å². The SMILES string of the molecule is CCC(N)c1ccccc1N1CCN(C)C(=O)C1. The van der Waals surface area contributed by atoms with Crippen molar-refractivity contribution < 1.29 is 4.79 Å². The molecule has 1 aliphatic rings. The van der Waals surface area contributed by atoms with Crippen LogP contribution in [0.2, 0.25) is 0 Å². The van der Waals surface area contributed by atoms with Crippen LogP contribution in [0.15, 0.2) is 24.3 Å². The molecule has 1 aromatic carbocycles. The Morgan fingerprint density at radius 1 is 1.33 bits per heavy atom. The topological polar surface area (TPSA) is 49.6 Å². The first kappa shape index (κ1) is 12.9. The molecule has 0 aromatic heterocycles. The molecule has 0 bridgehead atoms. The molecule has 4 nitrogen and oxygen atoms in total. The molecule has 0 aliphatic carbocycles. The summed E-state index contributed by atoms with van der Waals surface area (Å²) in [5.41, 5.74) is 8.38. The van der Waals surface area contributed by atoms with E-state index in [9.17, 15) is 4.79 Å². The van der Waals surface area contributed by atoms with E-state index in [4.69, 9.17) is 5.73 Å². The Bertz CT molecular complexity index is 433. The zero-order chi connectivity index (χ0) is 13.1. The van der Waals surface area contributed by atoms with Crippen LogP contribution in [0.3, 0.4) is 0 Å². The number of anilines is 1. The van der Waals surface area contributed by atoms with Crippen molar-refractivity contribution in [2.24, 2.45) is 5.73 Å². The Balaban J connectivity index is 2.25. The highest BCUT2D eigenvalue weighted by Crippen LogP contribution is 2.27. The molecule has 0 spiro atoms. The quantitative estimate of drug-likeness (QED) is 0.877. The van der Waals surface area contributed by atoms with Crippen molar-refractivity contribution in [3.05, 3.63) is 29.8 Å². The molecular formula is C14H21N3O. The number of nitrogens with two attached hydrogens (primary N) is 1. The second kappa shape index (κ2) is 5.40. The van der Waals surface area contributed by atoms with Crippen molar-refractivity contribution in [2.45, 2.75) is 19.4 Å². The summed E-state index contributed by atoms with van der Waals surface area (Å²) in [5, 5.41) is 0. The van der Waals surface area contributed by atoms with Crippen molar-refractivity contribution in [3.8, 4) is 0 Å². The lowest BCUT2D eigenvalue weighted by Crippen LogP contribution is -2.49. The minimum Gasteiger partial charge on any atom is -0.360 e. The van der Waals surface area contributed by atoms with Gasteiger partial charge in [-0.1, -0.05) is 25.1 Å². The molecule has 18 heavy (non-hydrogen) atoms. The van der Waals surface area contributed by atoms with Gasteiger partial charge in [0.25, 0.3) is 0 Å². The third-order valence-corrected chi connectivity index (χ3v) is 3.57. The van der Waals surface area contributed by atoms with E-state index in [1.165, 1.54) is 0 Å². The van der Waals surface area contributed by atoms with Crippen molar-refractivity contribution in [1.82, 2.24) is 4.90 Å². The van der Waals surface area contributed by atoms with Crippen molar-refractivity contribution in [2.75, 3.05) is 31.6 Å². The lowest BCUT2D eigenvalue weighted by atomic mass is 10.0. The molecule has 1 heterocycles. The number of amides is 1. The van der Waals surface area contributed by atoms with E-state index in [0.717, 1.165) is 30.8 Å². The van der Waals surface area contributed by atoms with Crippen LogP contribution in [-0.4, -0.2) is 37.5 Å². The van der Waals surface area contributed by atoms with Gasteiger partial charge < -0.3 is 15.5 Å². The maximum atomic E-state index is 11.8. The van der Waals surface area contributed by atoms with Crippen molar-refractivity contribution >= 4 is 11.6 Å². The van der Waals surface area contributed by atoms with Gasteiger partial charge in [0.15, 0.2) is 0 Å². The zero-order valence-corrected chi connectivity index (χ0v) is 11.1. The first-order chi connectivity index (χ1) is 8.63. The summed E-state index contributed by atoms with van der Waals surface area (Å²) < 4.78 is 0. The maximum absolute atomic E-state index is 11.8. The first-order valence-electron chi connectivity index (χ1n) is 6.47. The van der Waals surface area contributed by atoms with E-state index in [1.54, 1.807) is 4.90 Å². The summed E-state index contributed by atoms with van der Waals surface area (Å²) in [6, 6.07) is 8.17. The van der Waals surface area contributed by atoms with Gasteiger partial charge in [0, 0.05) is 31.9 Å². The lowest BCUT2D eigenvalue weighted by molar-refractivity contribution is -0.129. The third kappa shape index (κ3) is 2.48. The first-order valence-corrected chi connectivity index (χ1v) is 6.47. The van der Waals surface area contributed by atoms with Gasteiger partial charge in [0.1, 0.15) is 0 Å². The molecule has 1 amide bonds. The Morgan fingerprint density at radius 2 is 2.06 bits per heavy atom. The summed E-state index contributed by atoms with van der Waals surface area (Å²) in [6.45, 7) is 4.17. The van der Waals surface area contributed by atoms with Gasteiger partial charge in [0.05, 0.1) is 6.54 Å². The van der Waals surface area contributed by atoms with Crippen LogP contribution in [-0.2, 0) is 4.79 Å². The van der Waals surface area contributed by atoms with Gasteiger partial charge in [-0.05, 0) is 18.1 Å². The van der Waals surface area contributed by atoms with Crippen LogP contribution >= 0.6 is 0 Å². The van der Waals surface area contributed by atoms with E-state index in [0.29, 0.717) is 6.54 Å². The number of para-hydroxylation sites is 1. The highest BCUT2D eigenvalue weighted by molar-refractivity contribution is 5.83. The summed E-state index contributed by atoms with van der Waals surface area (Å²) in [6.07, 6.45) is 0.901. The van der Waals surface area contributed by atoms with Crippen LogP contribution in [0.5, 0.6) is 0 Å². The Morgan fingerprint density at radius 3 is 2.72 bits per heavy atom. The van der Waals surface area contributed by atoms with Gasteiger partial charge in [-0.15, -0.1) is 0 Å². The molecule has 2 rings (SSSR count). The Labute approximate surface area is 108 Å². The molecule has 1 unspecified atom stereocenters. The van der Waals surface area contributed by atoms with Crippen LogP contribution < -0.4 is 10.6 Å². The monoisotopic (exact) mass is 247 g/mol. The van der Waals surface area contributed by atoms with E-state index >= 15 is 0 Å². The molecular weight excluding hydrogens is 226 g/mol. The zero-order valence-electron chi connectivity index (χ0n) is 11.1. The van der Waals surface area contributed by atoms with Crippen LogP contribution in [0, 0.1) is 0 Å². The molecule has 98 valence electrons. The van der Waals surface area contributed by atoms with Gasteiger partial charge in [-0.2, -0.15) is 0 Å². The predicted molar refractivity (Wildman–Crippen MR) is 73.5 cm³/mol. The van der Waals surface area contributed by atoms with Crippen LogP contribution in [0.25, 0.3) is 0 Å². The summed E-state index contributed by atoms with van der Waals surface area (Å²) in [4.78, 5) is 15.7. The minimum absolute atomic E-state index is 0.0379.